The number of benzene rings is 2. The fourth-order valence-electron chi connectivity index (χ4n) is 4.16. The molecule has 0 atom stereocenters. The summed E-state index contributed by atoms with van der Waals surface area (Å²) < 4.78 is 31.3. The molecule has 1 amide bonds. The van der Waals surface area contributed by atoms with Crippen LogP contribution in [0.2, 0.25) is 5.02 Å². The molecule has 3 aromatic rings. The average Bonchev–Trinajstić information content (AvgIpc) is 3.08. The van der Waals surface area contributed by atoms with Crippen LogP contribution in [0.15, 0.2) is 47.5 Å². The molecular weight excluding hydrogens is 514 g/mol. The third-order valence-electron chi connectivity index (χ3n) is 6.26. The van der Waals surface area contributed by atoms with Crippen molar-refractivity contribution >= 4 is 50.5 Å². The number of halogens is 1. The molecule has 0 saturated carbocycles. The summed E-state index contributed by atoms with van der Waals surface area (Å²) in [6, 6.07) is 10.6. The van der Waals surface area contributed by atoms with Gasteiger partial charge in [0.15, 0.2) is 15.7 Å². The number of hydrogen-bond donors (Lipinski definition) is 2. The van der Waals surface area contributed by atoms with Gasteiger partial charge in [0.1, 0.15) is 10.8 Å². The molecule has 1 aliphatic heterocycles. The topological polar surface area (TPSA) is 114 Å². The molecule has 4 rings (SSSR count). The van der Waals surface area contributed by atoms with E-state index >= 15 is 0 Å². The lowest BCUT2D eigenvalue weighted by Crippen LogP contribution is -2.28. The van der Waals surface area contributed by atoms with Crippen molar-refractivity contribution in [3.05, 3.63) is 58.7 Å². The Labute approximate surface area is 222 Å². The predicted molar refractivity (Wildman–Crippen MR) is 145 cm³/mol. The van der Waals surface area contributed by atoms with E-state index in [2.05, 4.69) is 20.6 Å². The third kappa shape index (κ3) is 5.80. The van der Waals surface area contributed by atoms with Gasteiger partial charge in [0.05, 0.1) is 34.8 Å². The Morgan fingerprint density at radius 2 is 1.89 bits per heavy atom. The quantitative estimate of drug-likeness (QED) is 0.423. The van der Waals surface area contributed by atoms with Crippen LogP contribution in [-0.2, 0) is 27.6 Å². The first-order valence-electron chi connectivity index (χ1n) is 11.9. The zero-order chi connectivity index (χ0) is 26.7. The van der Waals surface area contributed by atoms with Crippen molar-refractivity contribution < 1.29 is 17.9 Å². The van der Waals surface area contributed by atoms with Gasteiger partial charge in [0.2, 0.25) is 11.9 Å². The zero-order valence-corrected chi connectivity index (χ0v) is 22.8. The molecule has 2 N–H and O–H groups in total. The van der Waals surface area contributed by atoms with Crippen molar-refractivity contribution in [2.45, 2.75) is 50.3 Å². The molecule has 0 saturated heterocycles. The highest BCUT2D eigenvalue weighted by Crippen LogP contribution is 2.34. The maximum Gasteiger partial charge on any atom is 0.229 e. The van der Waals surface area contributed by atoms with Gasteiger partial charge in [-0.25, -0.2) is 13.4 Å². The standard InChI is InChI=1S/C26H30ClN5O4S/c1-16(2)37(34,35)24-10-6-5-9-21(24)29-25-20(27)14-28-26(31-25)30-22-12-18-8-7-11-32(17(3)33)15-19(18)13-23(22)36-4/h5-6,9-10,12-14,16H,7-8,11,15H2,1-4H3,(H2,28,29,30,31). The van der Waals surface area contributed by atoms with E-state index in [1.165, 1.54) is 6.20 Å². The van der Waals surface area contributed by atoms with E-state index in [-0.39, 0.29) is 27.6 Å². The Bertz CT molecular complexity index is 1430. The van der Waals surface area contributed by atoms with Crippen LogP contribution in [0.25, 0.3) is 0 Å². The Morgan fingerprint density at radius 3 is 2.59 bits per heavy atom. The number of ether oxygens (including phenoxy) is 1. The zero-order valence-electron chi connectivity index (χ0n) is 21.2. The van der Waals surface area contributed by atoms with Crippen LogP contribution in [-0.4, -0.2) is 48.1 Å². The van der Waals surface area contributed by atoms with Gasteiger partial charge in [-0.2, -0.15) is 4.98 Å². The van der Waals surface area contributed by atoms with E-state index in [0.717, 1.165) is 24.0 Å². The molecule has 37 heavy (non-hydrogen) atoms. The largest absolute Gasteiger partial charge is 0.495 e. The first-order chi connectivity index (χ1) is 17.6. The number of sulfone groups is 1. The minimum Gasteiger partial charge on any atom is -0.495 e. The molecule has 196 valence electrons. The Kier molecular flexibility index (Phi) is 7.89. The van der Waals surface area contributed by atoms with Crippen LogP contribution in [0, 0.1) is 0 Å². The second-order valence-electron chi connectivity index (χ2n) is 9.10. The fraction of sp³-hybridized carbons (Fsp3) is 0.346. The lowest BCUT2D eigenvalue weighted by atomic mass is 10.0. The number of aromatic nitrogens is 2. The van der Waals surface area contributed by atoms with E-state index in [1.54, 1.807) is 52.1 Å². The first kappa shape index (κ1) is 26.7. The van der Waals surface area contributed by atoms with Crippen molar-refractivity contribution in [1.29, 1.82) is 0 Å². The minimum atomic E-state index is -3.54. The number of nitrogens with zero attached hydrogens (tertiary/aromatic N) is 3. The summed E-state index contributed by atoms with van der Waals surface area (Å²) in [5.74, 6) is 1.15. The number of rotatable bonds is 7. The summed E-state index contributed by atoms with van der Waals surface area (Å²) in [7, 11) is -1.96. The van der Waals surface area contributed by atoms with E-state index in [1.807, 2.05) is 17.0 Å². The summed E-state index contributed by atoms with van der Waals surface area (Å²) in [6.07, 6.45) is 3.13. The van der Waals surface area contributed by atoms with Crippen molar-refractivity contribution in [2.24, 2.45) is 0 Å². The molecule has 0 aliphatic carbocycles. The Morgan fingerprint density at radius 1 is 1.14 bits per heavy atom. The first-order valence-corrected chi connectivity index (χ1v) is 13.9. The molecule has 9 nitrogen and oxygen atoms in total. The highest BCUT2D eigenvalue weighted by atomic mass is 35.5. The maximum absolute atomic E-state index is 12.9. The lowest BCUT2D eigenvalue weighted by molar-refractivity contribution is -0.129. The van der Waals surface area contributed by atoms with Crippen LogP contribution in [0.5, 0.6) is 5.75 Å². The summed E-state index contributed by atoms with van der Waals surface area (Å²) in [5.41, 5.74) is 3.21. The van der Waals surface area contributed by atoms with Gasteiger partial charge in [-0.15, -0.1) is 0 Å². The Balaban J connectivity index is 1.65. The summed E-state index contributed by atoms with van der Waals surface area (Å²) in [4.78, 5) is 22.7. The molecule has 2 aromatic carbocycles. The molecule has 0 fully saturated rings. The molecule has 2 heterocycles. The number of carbonyl (C=O) groups is 1. The van der Waals surface area contributed by atoms with Gasteiger partial charge in [-0.1, -0.05) is 23.7 Å². The number of amides is 1. The van der Waals surface area contributed by atoms with Gasteiger partial charge in [0.25, 0.3) is 0 Å². The van der Waals surface area contributed by atoms with Gasteiger partial charge < -0.3 is 20.3 Å². The van der Waals surface area contributed by atoms with Crippen molar-refractivity contribution in [3.63, 3.8) is 0 Å². The number of aryl methyl sites for hydroxylation is 1. The van der Waals surface area contributed by atoms with E-state index in [4.69, 9.17) is 16.3 Å². The normalized spacial score (nSPS) is 13.6. The number of fused-ring (bicyclic) bond motifs is 1. The van der Waals surface area contributed by atoms with Crippen molar-refractivity contribution in [3.8, 4) is 5.75 Å². The molecule has 0 radical (unpaired) electrons. The number of carbonyl (C=O) groups excluding carboxylic acids is 1. The number of para-hydroxylation sites is 1. The maximum atomic E-state index is 12.9. The van der Waals surface area contributed by atoms with Gasteiger partial charge in [-0.05, 0) is 62.1 Å². The van der Waals surface area contributed by atoms with Gasteiger partial charge in [-0.3, -0.25) is 4.79 Å². The molecule has 1 aliphatic rings. The average molecular weight is 544 g/mol. The molecule has 0 spiro atoms. The van der Waals surface area contributed by atoms with Crippen molar-refractivity contribution in [1.82, 2.24) is 14.9 Å². The van der Waals surface area contributed by atoms with Crippen LogP contribution >= 0.6 is 11.6 Å². The number of nitrogens with one attached hydrogen (secondary N) is 2. The van der Waals surface area contributed by atoms with E-state index < -0.39 is 15.1 Å². The monoisotopic (exact) mass is 543 g/mol. The minimum absolute atomic E-state index is 0.0476. The fourth-order valence-corrected chi connectivity index (χ4v) is 5.50. The highest BCUT2D eigenvalue weighted by molar-refractivity contribution is 7.92. The van der Waals surface area contributed by atoms with E-state index in [0.29, 0.717) is 30.2 Å². The predicted octanol–water partition coefficient (Wildman–Crippen LogP) is 5.10. The molecule has 1 aromatic heterocycles. The molecule has 11 heteroatoms. The lowest BCUT2D eigenvalue weighted by Gasteiger charge is -2.20. The van der Waals surface area contributed by atoms with Crippen LogP contribution in [0.3, 0.4) is 0 Å². The second kappa shape index (κ2) is 10.9. The van der Waals surface area contributed by atoms with Crippen molar-refractivity contribution in [2.75, 3.05) is 24.3 Å². The molecule has 0 bridgehead atoms. The van der Waals surface area contributed by atoms with E-state index in [9.17, 15) is 13.2 Å². The van der Waals surface area contributed by atoms with Crippen LogP contribution in [0.1, 0.15) is 38.3 Å². The highest BCUT2D eigenvalue weighted by Gasteiger charge is 2.23. The summed E-state index contributed by atoms with van der Waals surface area (Å²) in [6.45, 7) is 6.09. The SMILES string of the molecule is COc1cc2c(cc1Nc1ncc(Cl)c(Nc3ccccc3S(=O)(=O)C(C)C)n1)CCCN(C(C)=O)C2. The smallest absolute Gasteiger partial charge is 0.229 e. The molecule has 0 unspecified atom stereocenters. The van der Waals surface area contributed by atoms with Crippen LogP contribution in [0.4, 0.5) is 23.1 Å². The Hall–Kier alpha value is -3.37. The summed E-state index contributed by atoms with van der Waals surface area (Å²) >= 11 is 6.37. The van der Waals surface area contributed by atoms with Crippen LogP contribution < -0.4 is 15.4 Å². The third-order valence-corrected chi connectivity index (χ3v) is 8.75. The molecular formula is C26H30ClN5O4S. The number of hydrogen-bond acceptors (Lipinski definition) is 8. The summed E-state index contributed by atoms with van der Waals surface area (Å²) in [5, 5.41) is 5.91. The van der Waals surface area contributed by atoms with Gasteiger partial charge in [0, 0.05) is 20.0 Å². The number of anilines is 4. The number of methoxy groups -OCH3 is 1. The second-order valence-corrected chi connectivity index (χ2v) is 12.0. The van der Waals surface area contributed by atoms with Gasteiger partial charge >= 0.3 is 0 Å².